The van der Waals surface area contributed by atoms with E-state index in [1.165, 1.54) is 47.9 Å². The molecule has 0 aromatic heterocycles. The summed E-state index contributed by atoms with van der Waals surface area (Å²) in [6, 6.07) is 9.68. The lowest BCUT2D eigenvalue weighted by atomic mass is 9.89. The highest BCUT2D eigenvalue weighted by Crippen LogP contribution is 2.71. The topological polar surface area (TPSA) is 0 Å². The van der Waals surface area contributed by atoms with Gasteiger partial charge in [0.25, 0.3) is 0 Å². The summed E-state index contributed by atoms with van der Waals surface area (Å²) in [5, 5.41) is 1.05. The van der Waals surface area contributed by atoms with Gasteiger partial charge in [-0.05, 0) is 90.1 Å². The van der Waals surface area contributed by atoms with Crippen molar-refractivity contribution in [1.29, 1.82) is 0 Å². The second-order valence-electron chi connectivity index (χ2n) is 10.8. The monoisotopic (exact) mass is 574 g/mol. The van der Waals surface area contributed by atoms with Crippen molar-refractivity contribution in [2.24, 2.45) is 0 Å². The van der Waals surface area contributed by atoms with E-state index in [2.05, 4.69) is 122 Å². The van der Waals surface area contributed by atoms with E-state index in [0.717, 1.165) is 6.42 Å². The van der Waals surface area contributed by atoms with Crippen molar-refractivity contribution >= 4 is 54.0 Å². The van der Waals surface area contributed by atoms with E-state index in [4.69, 9.17) is 0 Å². The maximum atomic E-state index is 3.93. The molecule has 0 nitrogen and oxygen atoms in total. The van der Waals surface area contributed by atoms with Crippen LogP contribution in [0.25, 0.3) is 12.2 Å². The zero-order chi connectivity index (χ0) is 23.5. The van der Waals surface area contributed by atoms with E-state index in [9.17, 15) is 0 Å². The van der Waals surface area contributed by atoms with Crippen molar-refractivity contribution in [1.82, 2.24) is 0 Å². The Morgan fingerprint density at radius 1 is 0.781 bits per heavy atom. The molecule has 2 unspecified atom stereocenters. The molecule has 2 aromatic carbocycles. The van der Waals surface area contributed by atoms with Gasteiger partial charge in [-0.3, -0.25) is 0 Å². The quantitative estimate of drug-likeness (QED) is 0.340. The van der Waals surface area contributed by atoms with Gasteiger partial charge in [0, 0.05) is 19.4 Å². The Kier molecular flexibility index (Phi) is 6.68. The molecule has 0 saturated carbocycles. The highest BCUT2D eigenvalue weighted by Gasteiger charge is 2.41. The van der Waals surface area contributed by atoms with Crippen LogP contribution in [0.4, 0.5) is 0 Å². The Labute approximate surface area is 213 Å². The molecule has 0 aliphatic heterocycles. The van der Waals surface area contributed by atoms with Crippen LogP contribution in [0.1, 0.15) is 104 Å². The van der Waals surface area contributed by atoms with E-state index >= 15 is 0 Å². The third-order valence-electron chi connectivity index (χ3n) is 7.35. The number of rotatable bonds is 4. The number of benzene rings is 2. The summed E-state index contributed by atoms with van der Waals surface area (Å²) in [5.41, 5.74) is 11.8. The zero-order valence-corrected chi connectivity index (χ0v) is 24.6. The van der Waals surface area contributed by atoms with Gasteiger partial charge in [-0.15, -0.1) is 0 Å². The van der Waals surface area contributed by atoms with Gasteiger partial charge in [-0.1, -0.05) is 95.0 Å². The van der Waals surface area contributed by atoms with Crippen LogP contribution in [0.2, 0.25) is 0 Å². The summed E-state index contributed by atoms with van der Waals surface area (Å²) in [7, 11) is -1.04. The maximum Gasteiger partial charge on any atom is 0.0359 e. The first kappa shape index (κ1) is 24.4. The zero-order valence-electron chi connectivity index (χ0n) is 20.6. The summed E-state index contributed by atoms with van der Waals surface area (Å²) in [6.45, 7) is 13.9. The normalized spacial score (nSPS) is 20.9. The Morgan fingerprint density at radius 2 is 1.28 bits per heavy atom. The molecule has 4 rings (SSSR count). The summed E-state index contributed by atoms with van der Waals surface area (Å²) < 4.78 is 2.50. The van der Waals surface area contributed by atoms with Crippen LogP contribution in [0.5, 0.6) is 0 Å². The molecule has 0 spiro atoms. The molecule has 172 valence electrons. The smallest absolute Gasteiger partial charge is 0.0359 e. The summed E-state index contributed by atoms with van der Waals surface area (Å²) >= 11 is 7.83. The average Bonchev–Trinajstić information content (AvgIpc) is 3.04. The predicted octanol–water partition coefficient (Wildman–Crippen LogP) is 10.5. The van der Waals surface area contributed by atoms with Gasteiger partial charge in [-0.25, -0.2) is 10.0 Å². The van der Waals surface area contributed by atoms with Gasteiger partial charge in [0.2, 0.25) is 0 Å². The standard InChI is InChI=1S/C29H36Br2S/c1-16(2)20-12-24-22(26(30)14-20)9-18(5)10-28(24)32(7,8)29-19(6)11-23-25(29)13-21(17(3)4)15-27(23)31/h9,11-17,28-29H,10H2,1-8H3. The number of fused-ring (bicyclic) bond motifs is 2. The lowest BCUT2D eigenvalue weighted by Crippen LogP contribution is -2.20. The van der Waals surface area contributed by atoms with Crippen molar-refractivity contribution in [3.63, 3.8) is 0 Å². The molecule has 2 aromatic rings. The lowest BCUT2D eigenvalue weighted by molar-refractivity contribution is 0.838. The Balaban J connectivity index is 1.88. The molecule has 0 N–H and O–H groups in total. The van der Waals surface area contributed by atoms with Crippen molar-refractivity contribution in [3.8, 4) is 0 Å². The van der Waals surface area contributed by atoms with Gasteiger partial charge in [0.15, 0.2) is 0 Å². The minimum atomic E-state index is -1.04. The molecule has 2 aliphatic rings. The number of hydrogen-bond donors (Lipinski definition) is 0. The molecule has 0 heterocycles. The Morgan fingerprint density at radius 3 is 1.81 bits per heavy atom. The van der Waals surface area contributed by atoms with Gasteiger partial charge in [0.05, 0.1) is 0 Å². The number of halogens is 2. The minimum Gasteiger partial charge on any atom is -0.229 e. The molecule has 0 bridgehead atoms. The summed E-state index contributed by atoms with van der Waals surface area (Å²) in [6.07, 6.45) is 11.2. The van der Waals surface area contributed by atoms with Gasteiger partial charge in [-0.2, -0.15) is 0 Å². The highest BCUT2D eigenvalue weighted by atomic mass is 79.9. The summed E-state index contributed by atoms with van der Waals surface area (Å²) in [5.74, 6) is 1.06. The summed E-state index contributed by atoms with van der Waals surface area (Å²) in [4.78, 5) is 0. The second-order valence-corrected chi connectivity index (χ2v) is 16.5. The molecular weight excluding hydrogens is 540 g/mol. The third-order valence-corrected chi connectivity index (χ3v) is 12.4. The predicted molar refractivity (Wildman–Crippen MR) is 153 cm³/mol. The molecule has 3 heteroatoms. The van der Waals surface area contributed by atoms with Gasteiger partial charge < -0.3 is 0 Å². The van der Waals surface area contributed by atoms with Gasteiger partial charge in [0.1, 0.15) is 0 Å². The van der Waals surface area contributed by atoms with E-state index in [0.29, 0.717) is 22.3 Å². The fraction of sp³-hybridized carbons (Fsp3) is 0.448. The molecule has 0 fully saturated rings. The third kappa shape index (κ3) is 4.12. The van der Waals surface area contributed by atoms with Crippen LogP contribution >= 0.6 is 41.9 Å². The van der Waals surface area contributed by atoms with Crippen LogP contribution in [0, 0.1) is 0 Å². The fourth-order valence-electron chi connectivity index (χ4n) is 5.55. The largest absolute Gasteiger partial charge is 0.229 e. The van der Waals surface area contributed by atoms with E-state index in [-0.39, 0.29) is 0 Å². The fourth-order valence-corrected chi connectivity index (χ4v) is 10.5. The molecule has 0 radical (unpaired) electrons. The van der Waals surface area contributed by atoms with Crippen molar-refractivity contribution in [2.45, 2.75) is 70.3 Å². The minimum absolute atomic E-state index is 0.498. The molecule has 32 heavy (non-hydrogen) atoms. The number of allylic oxidation sites excluding steroid dienone is 1. The van der Waals surface area contributed by atoms with Crippen LogP contribution < -0.4 is 0 Å². The molecule has 0 saturated heterocycles. The molecular formula is C29H36Br2S. The van der Waals surface area contributed by atoms with Crippen LogP contribution in [0.15, 0.2) is 44.4 Å². The van der Waals surface area contributed by atoms with E-state index in [1.54, 1.807) is 5.56 Å². The maximum absolute atomic E-state index is 3.93. The molecule has 2 atom stereocenters. The Hall–Kier alpha value is -0.770. The lowest BCUT2D eigenvalue weighted by Gasteiger charge is -2.48. The van der Waals surface area contributed by atoms with Crippen LogP contribution in [-0.2, 0) is 0 Å². The van der Waals surface area contributed by atoms with E-state index in [1.807, 2.05) is 0 Å². The first-order chi connectivity index (χ1) is 14.9. The van der Waals surface area contributed by atoms with Crippen molar-refractivity contribution < 1.29 is 0 Å². The van der Waals surface area contributed by atoms with Crippen molar-refractivity contribution in [3.05, 3.63) is 77.7 Å². The first-order valence-electron chi connectivity index (χ1n) is 11.6. The molecule has 0 amide bonds. The SMILES string of the molecule is CC1=Cc2c(Br)cc(C(C)C)cc2C(S(C)(C)C2C(C)=Cc3c(Br)cc(C(C)C)cc32)C1. The van der Waals surface area contributed by atoms with Crippen LogP contribution in [-0.4, -0.2) is 12.5 Å². The average molecular weight is 576 g/mol. The highest BCUT2D eigenvalue weighted by molar-refractivity contribution is 9.10. The van der Waals surface area contributed by atoms with Gasteiger partial charge >= 0.3 is 0 Å². The number of hydrogen-bond acceptors (Lipinski definition) is 0. The second kappa shape index (κ2) is 8.78. The van der Waals surface area contributed by atoms with Crippen LogP contribution in [0.3, 0.4) is 0 Å². The Bertz CT molecular complexity index is 1130. The first-order valence-corrected chi connectivity index (χ1v) is 15.8. The molecule has 2 aliphatic carbocycles. The van der Waals surface area contributed by atoms with E-state index < -0.39 is 10.0 Å². The van der Waals surface area contributed by atoms with Crippen molar-refractivity contribution in [2.75, 3.05) is 12.5 Å².